The molecule has 6 nitrogen and oxygen atoms in total. The van der Waals surface area contributed by atoms with Gasteiger partial charge in [-0.2, -0.15) is 0 Å². The van der Waals surface area contributed by atoms with E-state index in [1.54, 1.807) is 23.4 Å². The lowest BCUT2D eigenvalue weighted by atomic mass is 10.1. The van der Waals surface area contributed by atoms with Crippen LogP contribution in [-0.2, 0) is 0 Å². The first-order valence-electron chi connectivity index (χ1n) is 9.09. The SMILES string of the molecule is Cc1ccc(C(=O)N2CCCC2c2cncc(Oc3ccc(F)cc3)n2)cn1. The Balaban J connectivity index is 1.55. The van der Waals surface area contributed by atoms with E-state index in [0.717, 1.165) is 18.5 Å². The van der Waals surface area contributed by atoms with Crippen LogP contribution in [0, 0.1) is 12.7 Å². The van der Waals surface area contributed by atoms with Gasteiger partial charge in [-0.25, -0.2) is 9.37 Å². The molecule has 1 atom stereocenters. The number of rotatable bonds is 4. The minimum absolute atomic E-state index is 0.0679. The fourth-order valence-electron chi connectivity index (χ4n) is 3.27. The summed E-state index contributed by atoms with van der Waals surface area (Å²) in [5, 5.41) is 0. The van der Waals surface area contributed by atoms with Crippen molar-refractivity contribution in [2.45, 2.75) is 25.8 Å². The van der Waals surface area contributed by atoms with Gasteiger partial charge in [0.2, 0.25) is 5.88 Å². The third-order valence-electron chi connectivity index (χ3n) is 4.68. The highest BCUT2D eigenvalue weighted by Gasteiger charge is 2.32. The van der Waals surface area contributed by atoms with E-state index >= 15 is 0 Å². The first kappa shape index (κ1) is 18.0. The number of likely N-dealkylation sites (tertiary alicyclic amines) is 1. The van der Waals surface area contributed by atoms with Crippen molar-refractivity contribution in [2.24, 2.45) is 0 Å². The lowest BCUT2D eigenvalue weighted by Gasteiger charge is -2.24. The smallest absolute Gasteiger partial charge is 0.255 e. The number of carbonyl (C=O) groups is 1. The topological polar surface area (TPSA) is 68.2 Å². The van der Waals surface area contributed by atoms with Crippen LogP contribution in [0.5, 0.6) is 11.6 Å². The van der Waals surface area contributed by atoms with E-state index in [1.165, 1.54) is 30.5 Å². The first-order valence-corrected chi connectivity index (χ1v) is 9.09. The molecule has 1 aliphatic heterocycles. The summed E-state index contributed by atoms with van der Waals surface area (Å²) in [6.07, 6.45) is 6.45. The van der Waals surface area contributed by atoms with Gasteiger partial charge in [0.05, 0.1) is 29.7 Å². The Morgan fingerprint density at radius 3 is 2.71 bits per heavy atom. The average molecular weight is 378 g/mol. The van der Waals surface area contributed by atoms with Gasteiger partial charge in [0.25, 0.3) is 5.91 Å². The second kappa shape index (κ2) is 7.72. The Kier molecular flexibility index (Phi) is 4.97. The fourth-order valence-corrected chi connectivity index (χ4v) is 3.27. The number of hydrogen-bond acceptors (Lipinski definition) is 5. The summed E-state index contributed by atoms with van der Waals surface area (Å²) < 4.78 is 18.7. The van der Waals surface area contributed by atoms with E-state index in [1.807, 2.05) is 13.0 Å². The Bertz CT molecular complexity index is 976. The van der Waals surface area contributed by atoms with Crippen LogP contribution in [-0.4, -0.2) is 32.3 Å². The number of carbonyl (C=O) groups excluding carboxylic acids is 1. The van der Waals surface area contributed by atoms with Gasteiger partial charge < -0.3 is 9.64 Å². The van der Waals surface area contributed by atoms with E-state index in [0.29, 0.717) is 29.4 Å². The third kappa shape index (κ3) is 3.83. The Labute approximate surface area is 162 Å². The molecule has 4 rings (SSSR count). The number of pyridine rings is 1. The van der Waals surface area contributed by atoms with Crippen molar-refractivity contribution >= 4 is 5.91 Å². The van der Waals surface area contributed by atoms with E-state index in [4.69, 9.17) is 4.74 Å². The van der Waals surface area contributed by atoms with Crippen LogP contribution in [0.15, 0.2) is 55.0 Å². The quantitative estimate of drug-likeness (QED) is 0.684. The van der Waals surface area contributed by atoms with Crippen molar-refractivity contribution in [1.82, 2.24) is 19.9 Å². The molecule has 1 fully saturated rings. The largest absolute Gasteiger partial charge is 0.437 e. The number of benzene rings is 1. The summed E-state index contributed by atoms with van der Waals surface area (Å²) in [6, 6.07) is 9.14. The lowest BCUT2D eigenvalue weighted by molar-refractivity contribution is 0.0732. The number of halogens is 1. The van der Waals surface area contributed by atoms with Crippen LogP contribution < -0.4 is 4.74 Å². The summed E-state index contributed by atoms with van der Waals surface area (Å²) in [4.78, 5) is 27.7. The second-order valence-corrected chi connectivity index (χ2v) is 6.68. The van der Waals surface area contributed by atoms with Crippen LogP contribution in [0.25, 0.3) is 0 Å². The number of ether oxygens (including phenoxy) is 1. The molecule has 1 aromatic carbocycles. The zero-order chi connectivity index (χ0) is 19.5. The van der Waals surface area contributed by atoms with Crippen molar-refractivity contribution in [1.29, 1.82) is 0 Å². The number of aryl methyl sites for hydroxylation is 1. The normalized spacial score (nSPS) is 16.2. The van der Waals surface area contributed by atoms with Crippen LogP contribution >= 0.6 is 0 Å². The number of hydrogen-bond donors (Lipinski definition) is 0. The van der Waals surface area contributed by atoms with Crippen LogP contribution in [0.2, 0.25) is 0 Å². The Morgan fingerprint density at radius 2 is 1.96 bits per heavy atom. The van der Waals surface area contributed by atoms with E-state index in [2.05, 4.69) is 15.0 Å². The van der Waals surface area contributed by atoms with Crippen LogP contribution in [0.1, 0.15) is 40.6 Å². The molecule has 142 valence electrons. The number of nitrogens with zero attached hydrogens (tertiary/aromatic N) is 4. The monoisotopic (exact) mass is 378 g/mol. The molecule has 0 N–H and O–H groups in total. The molecule has 2 aromatic heterocycles. The van der Waals surface area contributed by atoms with Crippen molar-refractivity contribution < 1.29 is 13.9 Å². The molecule has 1 saturated heterocycles. The molecular formula is C21H19FN4O2. The van der Waals surface area contributed by atoms with Gasteiger partial charge in [-0.1, -0.05) is 0 Å². The molecule has 1 unspecified atom stereocenters. The van der Waals surface area contributed by atoms with Crippen molar-refractivity contribution in [3.8, 4) is 11.6 Å². The number of aromatic nitrogens is 3. The van der Waals surface area contributed by atoms with E-state index < -0.39 is 0 Å². The summed E-state index contributed by atoms with van der Waals surface area (Å²) in [6.45, 7) is 2.54. The summed E-state index contributed by atoms with van der Waals surface area (Å²) in [5.74, 6) is 0.373. The maximum absolute atomic E-state index is 13.0. The molecular weight excluding hydrogens is 359 g/mol. The van der Waals surface area contributed by atoms with Crippen LogP contribution in [0.3, 0.4) is 0 Å². The third-order valence-corrected chi connectivity index (χ3v) is 4.68. The van der Waals surface area contributed by atoms with Gasteiger partial charge in [-0.15, -0.1) is 0 Å². The average Bonchev–Trinajstić information content (AvgIpc) is 3.20. The Morgan fingerprint density at radius 1 is 1.14 bits per heavy atom. The zero-order valence-corrected chi connectivity index (χ0v) is 15.4. The molecule has 0 aliphatic carbocycles. The maximum Gasteiger partial charge on any atom is 0.255 e. The second-order valence-electron chi connectivity index (χ2n) is 6.68. The van der Waals surface area contributed by atoms with Crippen LogP contribution in [0.4, 0.5) is 4.39 Å². The predicted molar refractivity (Wildman–Crippen MR) is 100 cm³/mol. The molecule has 7 heteroatoms. The predicted octanol–water partition coefficient (Wildman–Crippen LogP) is 4.09. The highest BCUT2D eigenvalue weighted by atomic mass is 19.1. The molecule has 3 heterocycles. The van der Waals surface area contributed by atoms with Gasteiger partial charge in [-0.05, 0) is 56.2 Å². The standard InChI is InChI=1S/C21H19FN4O2/c1-14-4-5-15(11-24-14)21(27)26-10-2-3-19(26)18-12-23-13-20(25-18)28-17-8-6-16(22)7-9-17/h4-9,11-13,19H,2-3,10H2,1H3. The highest BCUT2D eigenvalue weighted by Crippen LogP contribution is 2.33. The van der Waals surface area contributed by atoms with Crippen molar-refractivity contribution in [3.05, 3.63) is 77.8 Å². The molecule has 28 heavy (non-hydrogen) atoms. The number of amides is 1. The molecule has 1 aliphatic rings. The molecule has 1 amide bonds. The summed E-state index contributed by atoms with van der Waals surface area (Å²) >= 11 is 0. The van der Waals surface area contributed by atoms with Gasteiger partial charge in [0, 0.05) is 18.4 Å². The maximum atomic E-state index is 13.0. The molecule has 3 aromatic rings. The zero-order valence-electron chi connectivity index (χ0n) is 15.4. The minimum atomic E-state index is -0.335. The van der Waals surface area contributed by atoms with E-state index in [9.17, 15) is 9.18 Å². The van der Waals surface area contributed by atoms with Gasteiger partial charge in [-0.3, -0.25) is 14.8 Å². The van der Waals surface area contributed by atoms with E-state index in [-0.39, 0.29) is 17.8 Å². The molecule has 0 radical (unpaired) electrons. The Hall–Kier alpha value is -3.35. The lowest BCUT2D eigenvalue weighted by Crippen LogP contribution is -2.31. The summed E-state index contributed by atoms with van der Waals surface area (Å²) in [7, 11) is 0. The van der Waals surface area contributed by atoms with Crippen molar-refractivity contribution in [3.63, 3.8) is 0 Å². The highest BCUT2D eigenvalue weighted by molar-refractivity contribution is 5.94. The summed E-state index contributed by atoms with van der Waals surface area (Å²) in [5.41, 5.74) is 2.10. The fraction of sp³-hybridized carbons (Fsp3) is 0.238. The van der Waals surface area contributed by atoms with Gasteiger partial charge in [0.15, 0.2) is 0 Å². The van der Waals surface area contributed by atoms with Gasteiger partial charge >= 0.3 is 0 Å². The van der Waals surface area contributed by atoms with Gasteiger partial charge in [0.1, 0.15) is 11.6 Å². The molecule has 0 spiro atoms. The minimum Gasteiger partial charge on any atom is -0.437 e. The first-order chi connectivity index (χ1) is 13.6. The van der Waals surface area contributed by atoms with Crippen molar-refractivity contribution in [2.75, 3.05) is 6.54 Å². The molecule has 0 saturated carbocycles. The molecule has 0 bridgehead atoms.